The number of nitrogens with zero attached hydrogens (tertiary/aromatic N) is 3. The van der Waals surface area contributed by atoms with Crippen LogP contribution in [0, 0.1) is 0 Å². The van der Waals surface area contributed by atoms with Crippen molar-refractivity contribution in [3.05, 3.63) is 12.0 Å². The van der Waals surface area contributed by atoms with Gasteiger partial charge in [0.25, 0.3) is 0 Å². The monoisotopic (exact) mass is 250 g/mol. The zero-order valence-corrected chi connectivity index (χ0v) is 9.94. The number of hydrogen-bond acceptors (Lipinski definition) is 5. The van der Waals surface area contributed by atoms with E-state index in [-0.39, 0.29) is 18.0 Å². The number of nitrogens with one attached hydrogen (secondary N) is 1. The molecule has 2 atom stereocenters. The summed E-state index contributed by atoms with van der Waals surface area (Å²) < 4.78 is 7.23. The highest BCUT2D eigenvalue weighted by Crippen LogP contribution is 2.30. The van der Waals surface area contributed by atoms with E-state index in [9.17, 15) is 9.59 Å². The number of hydrogen-bond donors (Lipinski definition) is 1. The van der Waals surface area contributed by atoms with E-state index in [1.54, 1.807) is 11.6 Å². The molecule has 0 aliphatic carbocycles. The third kappa shape index (κ3) is 2.30. The molecular formula is C11H14N4O3. The van der Waals surface area contributed by atoms with Crippen molar-refractivity contribution in [3.63, 3.8) is 0 Å². The van der Waals surface area contributed by atoms with Gasteiger partial charge in [-0.25, -0.2) is 4.98 Å². The van der Waals surface area contributed by atoms with Gasteiger partial charge in [-0.1, -0.05) is 0 Å². The molecule has 0 spiro atoms. The van der Waals surface area contributed by atoms with Crippen LogP contribution in [0.4, 0.5) is 5.82 Å². The minimum Gasteiger partial charge on any atom is -0.347 e. The molecule has 7 nitrogen and oxygen atoms in total. The molecule has 96 valence electrons. The summed E-state index contributed by atoms with van der Waals surface area (Å²) in [6.07, 6.45) is 5.14. The standard InChI is InChI=1S/C11H14N4O3/c1-12-6-13-11-9(5-17)14-7-15(11)10-3-2-8(4-16)18-10/h4-8,10H,2-3H2,1H3,(H,12,13). The van der Waals surface area contributed by atoms with Crippen LogP contribution in [0.1, 0.15) is 29.6 Å². The number of aromatic nitrogens is 2. The molecule has 0 saturated carbocycles. The van der Waals surface area contributed by atoms with Crippen molar-refractivity contribution in [2.45, 2.75) is 25.2 Å². The summed E-state index contributed by atoms with van der Waals surface area (Å²) in [5, 5.41) is 2.88. The summed E-state index contributed by atoms with van der Waals surface area (Å²) in [4.78, 5) is 29.3. The molecule has 1 aromatic rings. The average molecular weight is 250 g/mol. The molecule has 1 N–H and O–H groups in total. The molecule has 1 fully saturated rings. The Labute approximate surface area is 104 Å². The average Bonchev–Trinajstić information content (AvgIpc) is 3.01. The lowest BCUT2D eigenvalue weighted by molar-refractivity contribution is -0.119. The summed E-state index contributed by atoms with van der Waals surface area (Å²) >= 11 is 0. The van der Waals surface area contributed by atoms with Crippen LogP contribution < -0.4 is 5.32 Å². The zero-order chi connectivity index (χ0) is 13.0. The molecule has 18 heavy (non-hydrogen) atoms. The van der Waals surface area contributed by atoms with E-state index >= 15 is 0 Å². The Kier molecular flexibility index (Phi) is 3.83. The molecule has 1 saturated heterocycles. The van der Waals surface area contributed by atoms with Crippen LogP contribution in [0.3, 0.4) is 0 Å². The molecule has 2 unspecified atom stereocenters. The minimum atomic E-state index is -0.384. The van der Waals surface area contributed by atoms with E-state index in [2.05, 4.69) is 15.3 Å². The van der Waals surface area contributed by atoms with E-state index in [0.717, 1.165) is 6.29 Å². The first-order valence-electron chi connectivity index (χ1n) is 5.60. The lowest BCUT2D eigenvalue weighted by Gasteiger charge is -2.15. The van der Waals surface area contributed by atoms with Crippen molar-refractivity contribution in [2.75, 3.05) is 12.4 Å². The Bertz CT molecular complexity index is 469. The quantitative estimate of drug-likeness (QED) is 0.471. The van der Waals surface area contributed by atoms with Crippen molar-refractivity contribution in [2.24, 2.45) is 4.99 Å². The number of aliphatic imine (C=N–C) groups is 1. The maximum absolute atomic E-state index is 10.9. The lowest BCUT2D eigenvalue weighted by atomic mass is 10.2. The van der Waals surface area contributed by atoms with E-state index in [1.165, 1.54) is 12.7 Å². The van der Waals surface area contributed by atoms with E-state index in [4.69, 9.17) is 4.74 Å². The normalized spacial score (nSPS) is 23.4. The van der Waals surface area contributed by atoms with Crippen LogP contribution in [-0.4, -0.2) is 41.6 Å². The van der Waals surface area contributed by atoms with Crippen LogP contribution in [0.25, 0.3) is 0 Å². The van der Waals surface area contributed by atoms with Crippen LogP contribution in [0.15, 0.2) is 11.3 Å². The van der Waals surface area contributed by atoms with Crippen molar-refractivity contribution >= 4 is 24.7 Å². The highest BCUT2D eigenvalue weighted by molar-refractivity contribution is 5.86. The molecule has 0 bridgehead atoms. The van der Waals surface area contributed by atoms with Gasteiger partial charge in [0.2, 0.25) is 0 Å². The molecule has 2 heterocycles. The second-order valence-electron chi connectivity index (χ2n) is 3.88. The highest BCUT2D eigenvalue weighted by Gasteiger charge is 2.28. The molecule has 0 amide bonds. The van der Waals surface area contributed by atoms with Crippen molar-refractivity contribution in [1.82, 2.24) is 9.55 Å². The summed E-state index contributed by atoms with van der Waals surface area (Å²) in [6, 6.07) is 0. The molecule has 7 heteroatoms. The fourth-order valence-corrected chi connectivity index (χ4v) is 1.90. The van der Waals surface area contributed by atoms with Gasteiger partial charge in [-0.05, 0) is 12.8 Å². The fraction of sp³-hybridized carbons (Fsp3) is 0.455. The second kappa shape index (κ2) is 5.54. The van der Waals surface area contributed by atoms with Gasteiger partial charge in [0.05, 0.1) is 12.7 Å². The Morgan fingerprint density at radius 2 is 2.39 bits per heavy atom. The van der Waals surface area contributed by atoms with Gasteiger partial charge >= 0.3 is 0 Å². The third-order valence-electron chi connectivity index (χ3n) is 2.76. The topological polar surface area (TPSA) is 85.6 Å². The molecule has 0 radical (unpaired) electrons. The van der Waals surface area contributed by atoms with E-state index in [1.807, 2.05) is 0 Å². The van der Waals surface area contributed by atoms with E-state index in [0.29, 0.717) is 24.9 Å². The summed E-state index contributed by atoms with van der Waals surface area (Å²) in [6.45, 7) is 0. The van der Waals surface area contributed by atoms with Crippen molar-refractivity contribution < 1.29 is 14.3 Å². The summed E-state index contributed by atoms with van der Waals surface area (Å²) in [5.41, 5.74) is 0.285. The summed E-state index contributed by atoms with van der Waals surface area (Å²) in [7, 11) is 1.61. The van der Waals surface area contributed by atoms with Gasteiger partial charge in [0.15, 0.2) is 6.29 Å². The molecule has 2 rings (SSSR count). The number of carbonyl (C=O) groups is 2. The lowest BCUT2D eigenvalue weighted by Crippen LogP contribution is -2.14. The van der Waals surface area contributed by atoms with Crippen molar-refractivity contribution in [1.29, 1.82) is 0 Å². The predicted molar refractivity (Wildman–Crippen MR) is 64.9 cm³/mol. The fourth-order valence-electron chi connectivity index (χ4n) is 1.90. The first-order chi connectivity index (χ1) is 8.80. The maximum Gasteiger partial charge on any atom is 0.172 e. The number of imidazole rings is 1. The molecule has 0 aromatic carbocycles. The van der Waals surface area contributed by atoms with Crippen LogP contribution in [0.2, 0.25) is 0 Å². The Balaban J connectivity index is 2.24. The van der Waals surface area contributed by atoms with Crippen LogP contribution >= 0.6 is 0 Å². The first-order valence-corrected chi connectivity index (χ1v) is 5.60. The number of carbonyl (C=O) groups excluding carboxylic acids is 2. The number of rotatable bonds is 5. The molecule has 1 aliphatic heterocycles. The van der Waals surface area contributed by atoms with Gasteiger partial charge in [-0.15, -0.1) is 0 Å². The Hall–Kier alpha value is -2.02. The van der Waals surface area contributed by atoms with Gasteiger partial charge in [0, 0.05) is 7.05 Å². The smallest absolute Gasteiger partial charge is 0.172 e. The largest absolute Gasteiger partial charge is 0.347 e. The Morgan fingerprint density at radius 3 is 3.00 bits per heavy atom. The van der Waals surface area contributed by atoms with Crippen LogP contribution in [-0.2, 0) is 9.53 Å². The van der Waals surface area contributed by atoms with Gasteiger partial charge in [0.1, 0.15) is 30.1 Å². The third-order valence-corrected chi connectivity index (χ3v) is 2.76. The number of anilines is 1. The second-order valence-corrected chi connectivity index (χ2v) is 3.88. The Morgan fingerprint density at radius 1 is 1.56 bits per heavy atom. The first kappa shape index (κ1) is 12.4. The zero-order valence-electron chi connectivity index (χ0n) is 9.94. The summed E-state index contributed by atoms with van der Waals surface area (Å²) in [5.74, 6) is 0.521. The van der Waals surface area contributed by atoms with Gasteiger partial charge < -0.3 is 14.8 Å². The maximum atomic E-state index is 10.9. The van der Waals surface area contributed by atoms with Crippen LogP contribution in [0.5, 0.6) is 0 Å². The SMILES string of the molecule is CN=CNc1c(C=O)ncn1C1CCC(C=O)O1. The molecular weight excluding hydrogens is 236 g/mol. The van der Waals surface area contributed by atoms with Gasteiger partial charge in [-0.3, -0.25) is 14.4 Å². The minimum absolute atomic E-state index is 0.283. The molecule has 1 aliphatic rings. The highest BCUT2D eigenvalue weighted by atomic mass is 16.5. The van der Waals surface area contributed by atoms with E-state index < -0.39 is 0 Å². The predicted octanol–water partition coefficient (Wildman–Crippen LogP) is 0.642. The van der Waals surface area contributed by atoms with Gasteiger partial charge in [-0.2, -0.15) is 0 Å². The number of aldehydes is 2. The molecule has 1 aromatic heterocycles. The number of ether oxygens (including phenoxy) is 1. The van der Waals surface area contributed by atoms with Crippen molar-refractivity contribution in [3.8, 4) is 0 Å².